The van der Waals surface area contributed by atoms with Crippen LogP contribution in [0.1, 0.15) is 52.9 Å². The molecule has 2 fully saturated rings. The summed E-state index contributed by atoms with van der Waals surface area (Å²) in [4.78, 5) is 14.3. The number of hydrogen-bond acceptors (Lipinski definition) is 3. The van der Waals surface area contributed by atoms with Crippen molar-refractivity contribution in [3.63, 3.8) is 0 Å². The van der Waals surface area contributed by atoms with E-state index >= 15 is 0 Å². The van der Waals surface area contributed by atoms with Gasteiger partial charge in [0.05, 0.1) is 0 Å². The first-order valence-electron chi connectivity index (χ1n) is 8.25. The second-order valence-corrected chi connectivity index (χ2v) is 6.81. The molecule has 0 aromatic carbocycles. The lowest BCUT2D eigenvalue weighted by Gasteiger charge is -2.37. The molecule has 2 rings (SSSR count). The van der Waals surface area contributed by atoms with Crippen molar-refractivity contribution in [1.82, 2.24) is 10.2 Å². The Morgan fingerprint density at radius 1 is 1.35 bits per heavy atom. The van der Waals surface area contributed by atoms with E-state index in [0.29, 0.717) is 24.4 Å². The van der Waals surface area contributed by atoms with E-state index < -0.39 is 11.5 Å². The Bertz CT molecular complexity index is 339. The minimum Gasteiger partial charge on any atom is -0.480 e. The van der Waals surface area contributed by atoms with E-state index in [2.05, 4.69) is 31.0 Å². The molecule has 0 bridgehead atoms. The van der Waals surface area contributed by atoms with Crippen molar-refractivity contribution in [3.05, 3.63) is 0 Å². The van der Waals surface area contributed by atoms with Gasteiger partial charge in [-0.15, -0.1) is 0 Å². The highest BCUT2D eigenvalue weighted by Gasteiger charge is 2.53. The summed E-state index contributed by atoms with van der Waals surface area (Å²) in [6.45, 7) is 9.17. The second kappa shape index (κ2) is 6.44. The van der Waals surface area contributed by atoms with Gasteiger partial charge in [-0.25, -0.2) is 0 Å². The molecule has 2 saturated carbocycles. The first kappa shape index (κ1) is 15.8. The van der Waals surface area contributed by atoms with Crippen LogP contribution in [0.5, 0.6) is 0 Å². The lowest BCUT2D eigenvalue weighted by Crippen LogP contribution is -2.61. The van der Waals surface area contributed by atoms with Gasteiger partial charge in [-0.1, -0.05) is 27.2 Å². The second-order valence-electron chi connectivity index (χ2n) is 6.81. The van der Waals surface area contributed by atoms with Gasteiger partial charge < -0.3 is 10.0 Å². The van der Waals surface area contributed by atoms with Gasteiger partial charge in [-0.05, 0) is 44.1 Å². The number of rotatable bonds is 10. The predicted octanol–water partition coefficient (Wildman–Crippen LogP) is 2.34. The van der Waals surface area contributed by atoms with Gasteiger partial charge in [0.2, 0.25) is 0 Å². The van der Waals surface area contributed by atoms with Crippen molar-refractivity contribution in [2.24, 2.45) is 11.8 Å². The molecule has 4 heteroatoms. The standard InChI is InChI=1S/C16H30N2O2/c1-4-12(3)10-18(5-2)11-16(15(19)20,13-6-7-13)17-14-8-9-14/h12-14,17H,4-11H2,1-3H3,(H,19,20). The van der Waals surface area contributed by atoms with Crippen molar-refractivity contribution in [3.8, 4) is 0 Å². The molecule has 2 unspecified atom stereocenters. The SMILES string of the molecule is CCC(C)CN(CC)CC(NC1CC1)(C(=O)O)C1CC1. The zero-order chi connectivity index (χ0) is 14.8. The largest absolute Gasteiger partial charge is 0.480 e. The Kier molecular flexibility index (Phi) is 5.08. The van der Waals surface area contributed by atoms with Gasteiger partial charge in [0, 0.05) is 19.1 Å². The van der Waals surface area contributed by atoms with Gasteiger partial charge in [0.25, 0.3) is 0 Å². The number of carboxylic acid groups (broad SMARTS) is 1. The predicted molar refractivity (Wildman–Crippen MR) is 80.8 cm³/mol. The highest BCUT2D eigenvalue weighted by atomic mass is 16.4. The topological polar surface area (TPSA) is 52.6 Å². The van der Waals surface area contributed by atoms with E-state index in [9.17, 15) is 9.90 Å². The van der Waals surface area contributed by atoms with E-state index in [4.69, 9.17) is 0 Å². The maximum atomic E-state index is 12.0. The molecule has 2 aliphatic carbocycles. The van der Waals surface area contributed by atoms with E-state index in [1.54, 1.807) is 0 Å². The monoisotopic (exact) mass is 282 g/mol. The summed E-state index contributed by atoms with van der Waals surface area (Å²) < 4.78 is 0. The number of aliphatic carboxylic acids is 1. The minimum absolute atomic E-state index is 0.326. The molecule has 0 aromatic rings. The molecular formula is C16H30N2O2. The molecule has 20 heavy (non-hydrogen) atoms. The van der Waals surface area contributed by atoms with E-state index in [0.717, 1.165) is 45.2 Å². The van der Waals surface area contributed by atoms with Crippen LogP contribution in [0.3, 0.4) is 0 Å². The fourth-order valence-electron chi connectivity index (χ4n) is 2.99. The summed E-state index contributed by atoms with van der Waals surface area (Å²) in [5, 5.41) is 13.3. The molecular weight excluding hydrogens is 252 g/mol. The van der Waals surface area contributed by atoms with Crippen LogP contribution in [0.25, 0.3) is 0 Å². The van der Waals surface area contributed by atoms with Crippen molar-refractivity contribution in [1.29, 1.82) is 0 Å². The molecule has 2 N–H and O–H groups in total. The van der Waals surface area contributed by atoms with Crippen LogP contribution >= 0.6 is 0 Å². The maximum absolute atomic E-state index is 12.0. The summed E-state index contributed by atoms with van der Waals surface area (Å²) in [6.07, 6.45) is 5.55. The average molecular weight is 282 g/mol. The number of carboxylic acids is 1. The number of nitrogens with zero attached hydrogens (tertiary/aromatic N) is 1. The molecule has 0 saturated heterocycles. The molecule has 0 aromatic heterocycles. The molecule has 4 nitrogen and oxygen atoms in total. The minimum atomic E-state index is -0.704. The van der Waals surface area contributed by atoms with E-state index in [1.165, 1.54) is 0 Å². The number of nitrogens with one attached hydrogen (secondary N) is 1. The summed E-state index contributed by atoms with van der Waals surface area (Å²) in [7, 11) is 0. The Hall–Kier alpha value is -0.610. The maximum Gasteiger partial charge on any atom is 0.325 e. The summed E-state index contributed by atoms with van der Waals surface area (Å²) in [6, 6.07) is 0.439. The van der Waals surface area contributed by atoms with Crippen LogP contribution < -0.4 is 5.32 Å². The summed E-state index contributed by atoms with van der Waals surface area (Å²) in [5.74, 6) is 0.308. The van der Waals surface area contributed by atoms with Crippen LogP contribution in [0.2, 0.25) is 0 Å². The highest BCUT2D eigenvalue weighted by Crippen LogP contribution is 2.42. The smallest absolute Gasteiger partial charge is 0.325 e. The first-order chi connectivity index (χ1) is 9.51. The van der Waals surface area contributed by atoms with Crippen LogP contribution in [-0.2, 0) is 4.79 Å². The third-order valence-electron chi connectivity index (χ3n) is 4.88. The molecule has 0 amide bonds. The van der Waals surface area contributed by atoms with Crippen molar-refractivity contribution < 1.29 is 9.90 Å². The van der Waals surface area contributed by atoms with Gasteiger partial charge >= 0.3 is 5.97 Å². The summed E-state index contributed by atoms with van der Waals surface area (Å²) in [5.41, 5.74) is -0.704. The quantitative estimate of drug-likeness (QED) is 0.646. The Morgan fingerprint density at radius 2 is 2.00 bits per heavy atom. The molecule has 2 aliphatic rings. The van der Waals surface area contributed by atoms with E-state index in [-0.39, 0.29) is 0 Å². The summed E-state index contributed by atoms with van der Waals surface area (Å²) >= 11 is 0. The van der Waals surface area contributed by atoms with Gasteiger partial charge in [0.1, 0.15) is 5.54 Å². The number of likely N-dealkylation sites (N-methyl/N-ethyl adjacent to an activating group) is 1. The molecule has 0 spiro atoms. The zero-order valence-electron chi connectivity index (χ0n) is 13.2. The lowest BCUT2D eigenvalue weighted by atomic mass is 9.91. The Morgan fingerprint density at radius 3 is 2.40 bits per heavy atom. The number of hydrogen-bond donors (Lipinski definition) is 2. The van der Waals surface area contributed by atoms with E-state index in [1.807, 2.05) is 0 Å². The average Bonchev–Trinajstić information content (AvgIpc) is 3.27. The van der Waals surface area contributed by atoms with Gasteiger partial charge in [0.15, 0.2) is 0 Å². The van der Waals surface area contributed by atoms with Crippen LogP contribution in [0, 0.1) is 11.8 Å². The van der Waals surface area contributed by atoms with Crippen LogP contribution in [0.4, 0.5) is 0 Å². The Balaban J connectivity index is 2.06. The molecule has 2 atom stereocenters. The van der Waals surface area contributed by atoms with Crippen LogP contribution in [-0.4, -0.2) is 47.2 Å². The fraction of sp³-hybridized carbons (Fsp3) is 0.938. The third kappa shape index (κ3) is 3.73. The van der Waals surface area contributed by atoms with Crippen molar-refractivity contribution in [2.75, 3.05) is 19.6 Å². The normalized spacial score (nSPS) is 23.6. The molecule has 0 radical (unpaired) electrons. The third-order valence-corrected chi connectivity index (χ3v) is 4.88. The molecule has 0 aliphatic heterocycles. The highest BCUT2D eigenvalue weighted by molar-refractivity contribution is 5.80. The molecule has 116 valence electrons. The lowest BCUT2D eigenvalue weighted by molar-refractivity contribution is -0.147. The fourth-order valence-corrected chi connectivity index (χ4v) is 2.99. The Labute approximate surface area is 122 Å². The molecule has 0 heterocycles. The van der Waals surface area contributed by atoms with Gasteiger partial charge in [-0.2, -0.15) is 0 Å². The first-order valence-corrected chi connectivity index (χ1v) is 8.25. The number of carbonyl (C=O) groups is 1. The zero-order valence-corrected chi connectivity index (χ0v) is 13.2. The van der Waals surface area contributed by atoms with Crippen molar-refractivity contribution >= 4 is 5.97 Å². The van der Waals surface area contributed by atoms with Crippen LogP contribution in [0.15, 0.2) is 0 Å². The van der Waals surface area contributed by atoms with Gasteiger partial charge in [-0.3, -0.25) is 10.1 Å². The van der Waals surface area contributed by atoms with Crippen molar-refractivity contribution in [2.45, 2.75) is 64.5 Å².